The van der Waals surface area contributed by atoms with E-state index in [4.69, 9.17) is 9.53 Å². The van der Waals surface area contributed by atoms with E-state index in [1.807, 2.05) is 61.5 Å². The average Bonchev–Trinajstić information content (AvgIpc) is 3.40. The SMILES string of the molecule is CC=O.COC(=O)c1csc(NC(=O)C(C(C)c2ccccc2)N(C)C(=O)NCc2ccc(OC)cc2)n1. The number of carbonyl (C=O) groups is 4. The molecule has 1 heterocycles. The molecular weight excluding hydrogens is 508 g/mol. The predicted molar refractivity (Wildman–Crippen MR) is 145 cm³/mol. The number of urea groups is 1. The fourth-order valence-electron chi connectivity index (χ4n) is 3.56. The summed E-state index contributed by atoms with van der Waals surface area (Å²) in [5.74, 6) is -0.615. The Morgan fingerprint density at radius 1 is 1.08 bits per heavy atom. The molecule has 3 rings (SSSR count). The molecule has 2 unspecified atom stereocenters. The van der Waals surface area contributed by atoms with Crippen LogP contribution in [0.3, 0.4) is 0 Å². The van der Waals surface area contributed by atoms with E-state index >= 15 is 0 Å². The zero-order chi connectivity index (χ0) is 28.1. The third-order valence-corrected chi connectivity index (χ3v) is 6.29. The van der Waals surface area contributed by atoms with Gasteiger partial charge in [-0.05, 0) is 30.2 Å². The Kier molecular flexibility index (Phi) is 11.9. The molecule has 0 aliphatic rings. The molecule has 0 bridgehead atoms. The highest BCUT2D eigenvalue weighted by Crippen LogP contribution is 2.25. The van der Waals surface area contributed by atoms with Crippen molar-refractivity contribution in [3.05, 3.63) is 76.8 Å². The van der Waals surface area contributed by atoms with Crippen LogP contribution in [-0.4, -0.2) is 61.4 Å². The normalized spacial score (nSPS) is 11.6. The molecular formula is C27H32N4O6S. The van der Waals surface area contributed by atoms with Crippen LogP contribution >= 0.6 is 11.3 Å². The van der Waals surface area contributed by atoms with Crippen LogP contribution in [0.25, 0.3) is 0 Å². The van der Waals surface area contributed by atoms with Gasteiger partial charge in [-0.25, -0.2) is 14.6 Å². The summed E-state index contributed by atoms with van der Waals surface area (Å²) in [7, 11) is 4.43. The lowest BCUT2D eigenvalue weighted by Gasteiger charge is -2.32. The molecule has 202 valence electrons. The van der Waals surface area contributed by atoms with Gasteiger partial charge in [-0.1, -0.05) is 49.4 Å². The molecule has 38 heavy (non-hydrogen) atoms. The molecule has 0 radical (unpaired) electrons. The van der Waals surface area contributed by atoms with Crippen molar-refractivity contribution in [1.82, 2.24) is 15.2 Å². The number of nitrogens with one attached hydrogen (secondary N) is 2. The molecule has 0 saturated carbocycles. The number of thiazole rings is 1. The quantitative estimate of drug-likeness (QED) is 0.309. The van der Waals surface area contributed by atoms with Crippen molar-refractivity contribution in [2.24, 2.45) is 0 Å². The topological polar surface area (TPSA) is 127 Å². The van der Waals surface area contributed by atoms with E-state index in [2.05, 4.69) is 20.4 Å². The van der Waals surface area contributed by atoms with Crippen LogP contribution in [0.4, 0.5) is 9.93 Å². The summed E-state index contributed by atoms with van der Waals surface area (Å²) in [6.07, 6.45) is 0.750. The molecule has 11 heteroatoms. The van der Waals surface area contributed by atoms with Gasteiger partial charge in [0, 0.05) is 24.9 Å². The fourth-order valence-corrected chi connectivity index (χ4v) is 4.24. The molecule has 0 fully saturated rings. The molecule has 0 spiro atoms. The number of carbonyl (C=O) groups excluding carboxylic acids is 4. The van der Waals surface area contributed by atoms with E-state index in [1.54, 1.807) is 14.2 Å². The Morgan fingerprint density at radius 3 is 2.29 bits per heavy atom. The summed E-state index contributed by atoms with van der Waals surface area (Å²) in [5.41, 5.74) is 1.89. The maximum Gasteiger partial charge on any atom is 0.357 e. The number of rotatable bonds is 9. The van der Waals surface area contributed by atoms with Crippen molar-refractivity contribution in [3.8, 4) is 5.75 Å². The van der Waals surface area contributed by atoms with Crippen LogP contribution in [0.15, 0.2) is 60.0 Å². The number of amides is 3. The Balaban J connectivity index is 0.00000161. The van der Waals surface area contributed by atoms with E-state index < -0.39 is 23.9 Å². The number of ether oxygens (including phenoxy) is 2. The maximum absolute atomic E-state index is 13.4. The Labute approximate surface area is 226 Å². The number of hydrogen-bond acceptors (Lipinski definition) is 8. The third kappa shape index (κ3) is 8.41. The summed E-state index contributed by atoms with van der Waals surface area (Å²) < 4.78 is 9.83. The van der Waals surface area contributed by atoms with E-state index in [9.17, 15) is 14.4 Å². The van der Waals surface area contributed by atoms with Crippen molar-refractivity contribution in [3.63, 3.8) is 0 Å². The summed E-state index contributed by atoms with van der Waals surface area (Å²) in [6.45, 7) is 3.62. The monoisotopic (exact) mass is 540 g/mol. The van der Waals surface area contributed by atoms with Gasteiger partial charge < -0.3 is 29.8 Å². The minimum Gasteiger partial charge on any atom is -0.497 e. The van der Waals surface area contributed by atoms with Gasteiger partial charge in [0.15, 0.2) is 10.8 Å². The summed E-state index contributed by atoms with van der Waals surface area (Å²) >= 11 is 1.10. The molecule has 2 atom stereocenters. The summed E-state index contributed by atoms with van der Waals surface area (Å²) in [5, 5.41) is 7.35. The molecule has 10 nitrogen and oxygen atoms in total. The second-order valence-corrected chi connectivity index (χ2v) is 8.87. The van der Waals surface area contributed by atoms with Gasteiger partial charge >= 0.3 is 12.0 Å². The van der Waals surface area contributed by atoms with E-state index in [0.717, 1.165) is 34.5 Å². The minimum atomic E-state index is -0.848. The number of anilines is 1. The highest BCUT2D eigenvalue weighted by Gasteiger charge is 2.33. The number of likely N-dealkylation sites (N-methyl/N-ethyl adjacent to an activating group) is 1. The van der Waals surface area contributed by atoms with Crippen molar-refractivity contribution < 1.29 is 28.7 Å². The number of esters is 1. The van der Waals surface area contributed by atoms with Crippen molar-refractivity contribution in [2.45, 2.75) is 32.4 Å². The minimum absolute atomic E-state index is 0.103. The van der Waals surface area contributed by atoms with Crippen LogP contribution in [0.2, 0.25) is 0 Å². The highest BCUT2D eigenvalue weighted by atomic mass is 32.1. The largest absolute Gasteiger partial charge is 0.497 e. The Morgan fingerprint density at radius 2 is 1.71 bits per heavy atom. The molecule has 1 aromatic heterocycles. The smallest absolute Gasteiger partial charge is 0.357 e. The first-order chi connectivity index (χ1) is 18.2. The predicted octanol–water partition coefficient (Wildman–Crippen LogP) is 4.10. The van der Waals surface area contributed by atoms with Crippen molar-refractivity contribution >= 4 is 40.7 Å². The number of benzene rings is 2. The second-order valence-electron chi connectivity index (χ2n) is 8.02. The molecule has 0 saturated heterocycles. The molecule has 0 aliphatic heterocycles. The highest BCUT2D eigenvalue weighted by molar-refractivity contribution is 7.14. The number of hydrogen-bond donors (Lipinski definition) is 2. The first-order valence-corrected chi connectivity index (χ1v) is 12.6. The first kappa shape index (κ1) is 30.0. The van der Waals surface area contributed by atoms with E-state index in [-0.39, 0.29) is 23.3 Å². The summed E-state index contributed by atoms with van der Waals surface area (Å²) in [6, 6.07) is 15.6. The van der Waals surface area contributed by atoms with Crippen LogP contribution in [0.1, 0.15) is 41.4 Å². The standard InChI is InChI=1S/C25H28N4O5S.C2H4O/c1-16(18-8-6-5-7-9-18)21(22(30)28-24-27-20(15-35-24)23(31)34-4)29(2)25(32)26-14-17-10-12-19(33-3)13-11-17;1-2-3/h5-13,15-16,21H,14H2,1-4H3,(H,26,32)(H,27,28,30);2H,1H3. The molecule has 3 aromatic rings. The van der Waals surface area contributed by atoms with Gasteiger partial charge in [-0.2, -0.15) is 0 Å². The second kappa shape index (κ2) is 15.1. The number of nitrogens with zero attached hydrogens (tertiary/aromatic N) is 2. The maximum atomic E-state index is 13.4. The zero-order valence-electron chi connectivity index (χ0n) is 22.0. The Hall–Kier alpha value is -4.25. The summed E-state index contributed by atoms with van der Waals surface area (Å²) in [4.78, 5) is 52.4. The fraction of sp³-hybridized carbons (Fsp3) is 0.296. The number of methoxy groups -OCH3 is 2. The lowest BCUT2D eigenvalue weighted by atomic mass is 9.92. The number of aldehydes is 1. The van der Waals surface area contributed by atoms with Gasteiger partial charge in [0.05, 0.1) is 14.2 Å². The van der Waals surface area contributed by atoms with Gasteiger partial charge in [0.25, 0.3) is 0 Å². The van der Waals surface area contributed by atoms with Gasteiger partial charge in [0.2, 0.25) is 5.91 Å². The molecule has 0 aliphatic carbocycles. The lowest BCUT2D eigenvalue weighted by molar-refractivity contribution is -0.120. The van der Waals surface area contributed by atoms with Crippen molar-refractivity contribution in [1.29, 1.82) is 0 Å². The first-order valence-electron chi connectivity index (χ1n) is 11.7. The van der Waals surface area contributed by atoms with Crippen molar-refractivity contribution in [2.75, 3.05) is 26.6 Å². The average molecular weight is 541 g/mol. The molecule has 2 N–H and O–H groups in total. The van der Waals surface area contributed by atoms with Gasteiger partial charge in [-0.3, -0.25) is 4.79 Å². The zero-order valence-corrected chi connectivity index (χ0v) is 22.8. The van der Waals surface area contributed by atoms with Gasteiger partial charge in [-0.15, -0.1) is 11.3 Å². The van der Waals surface area contributed by atoms with Crippen LogP contribution in [0, 0.1) is 0 Å². The van der Waals surface area contributed by atoms with Crippen LogP contribution in [-0.2, 0) is 20.9 Å². The lowest BCUT2D eigenvalue weighted by Crippen LogP contribution is -2.51. The van der Waals surface area contributed by atoms with E-state index in [0.29, 0.717) is 0 Å². The third-order valence-electron chi connectivity index (χ3n) is 5.54. The van der Waals surface area contributed by atoms with E-state index in [1.165, 1.54) is 24.3 Å². The molecule has 3 amide bonds. The molecule has 2 aromatic carbocycles. The Bertz CT molecular complexity index is 1200. The van der Waals surface area contributed by atoms with Crippen LogP contribution in [0.5, 0.6) is 5.75 Å². The number of aromatic nitrogens is 1. The van der Waals surface area contributed by atoms with Crippen LogP contribution < -0.4 is 15.4 Å². The van der Waals surface area contributed by atoms with Gasteiger partial charge in [0.1, 0.15) is 18.1 Å².